The second kappa shape index (κ2) is 12.4. The average molecular weight is 437 g/mol. The van der Waals surface area contributed by atoms with E-state index in [1.165, 1.54) is 0 Å². The molecule has 0 bridgehead atoms. The Labute approximate surface area is 181 Å². The van der Waals surface area contributed by atoms with Gasteiger partial charge in [0, 0.05) is 0 Å². The fraction of sp³-hybridized carbons (Fsp3) is 0.524. The summed E-state index contributed by atoms with van der Waals surface area (Å²) in [6.07, 6.45) is 0.552. The van der Waals surface area contributed by atoms with Crippen LogP contribution in [0, 0.1) is 0 Å². The first kappa shape index (κ1) is 25.7. The van der Waals surface area contributed by atoms with E-state index in [1.54, 1.807) is 45.0 Å². The van der Waals surface area contributed by atoms with Crippen molar-refractivity contribution < 1.29 is 33.8 Å². The van der Waals surface area contributed by atoms with E-state index in [1.807, 2.05) is 13.0 Å². The largest absolute Gasteiger partial charge is 0.480 e. The second-order valence-corrected chi connectivity index (χ2v) is 7.83. The molecule has 0 aliphatic carbocycles. The van der Waals surface area contributed by atoms with Gasteiger partial charge in [-0.25, -0.2) is 24.8 Å². The summed E-state index contributed by atoms with van der Waals surface area (Å²) in [4.78, 5) is 48.4. The predicted molar refractivity (Wildman–Crippen MR) is 112 cm³/mol. The maximum atomic E-state index is 12.6. The lowest BCUT2D eigenvalue weighted by molar-refractivity contribution is -0.146. The number of hydrazine groups is 1. The van der Waals surface area contributed by atoms with Crippen LogP contribution in [0.15, 0.2) is 30.3 Å². The van der Waals surface area contributed by atoms with E-state index in [-0.39, 0.29) is 13.0 Å². The molecular weight excluding hydrogens is 406 g/mol. The lowest BCUT2D eigenvalue weighted by Gasteiger charge is -2.27. The molecule has 0 aliphatic rings. The summed E-state index contributed by atoms with van der Waals surface area (Å²) < 4.78 is 10.2. The molecule has 10 heteroatoms. The van der Waals surface area contributed by atoms with Crippen molar-refractivity contribution in [3.63, 3.8) is 0 Å². The van der Waals surface area contributed by atoms with Gasteiger partial charge in [0.25, 0.3) is 0 Å². The summed E-state index contributed by atoms with van der Waals surface area (Å²) in [5.41, 5.74) is 2.07. The third-order valence-corrected chi connectivity index (χ3v) is 3.84. The van der Waals surface area contributed by atoms with Crippen molar-refractivity contribution in [2.24, 2.45) is 0 Å². The molecule has 31 heavy (non-hydrogen) atoms. The van der Waals surface area contributed by atoms with E-state index >= 15 is 0 Å². The highest BCUT2D eigenvalue weighted by molar-refractivity contribution is 5.86. The monoisotopic (exact) mass is 437 g/mol. The summed E-state index contributed by atoms with van der Waals surface area (Å²) in [5, 5.41) is 12.3. The number of carbonyl (C=O) groups excluding carboxylic acids is 3. The number of carboxylic acid groups (broad SMARTS) is 1. The minimum atomic E-state index is -1.22. The highest BCUT2D eigenvalue weighted by Crippen LogP contribution is 2.08. The molecule has 1 rings (SSSR count). The van der Waals surface area contributed by atoms with Gasteiger partial charge >= 0.3 is 24.1 Å². The first-order valence-electron chi connectivity index (χ1n) is 10.0. The third-order valence-electron chi connectivity index (χ3n) is 3.84. The zero-order valence-electron chi connectivity index (χ0n) is 18.3. The summed E-state index contributed by atoms with van der Waals surface area (Å²) in [6.45, 7) is 6.14. The van der Waals surface area contributed by atoms with E-state index in [0.717, 1.165) is 12.0 Å². The molecule has 1 unspecified atom stereocenters. The lowest BCUT2D eigenvalue weighted by atomic mass is 10.1. The first-order chi connectivity index (χ1) is 14.5. The van der Waals surface area contributed by atoms with E-state index < -0.39 is 42.3 Å². The van der Waals surface area contributed by atoms with Crippen LogP contribution in [-0.4, -0.2) is 52.4 Å². The number of nitrogens with zero attached hydrogens (tertiary/aromatic N) is 1. The molecule has 0 fully saturated rings. The number of carboxylic acids is 1. The Balaban J connectivity index is 2.83. The van der Waals surface area contributed by atoms with Crippen LogP contribution < -0.4 is 10.7 Å². The fourth-order valence-corrected chi connectivity index (χ4v) is 2.38. The van der Waals surface area contributed by atoms with Crippen LogP contribution in [0.2, 0.25) is 0 Å². The topological polar surface area (TPSA) is 134 Å². The molecule has 1 atom stereocenters. The quantitative estimate of drug-likeness (QED) is 0.399. The van der Waals surface area contributed by atoms with E-state index in [2.05, 4.69) is 10.7 Å². The Bertz CT molecular complexity index is 747. The van der Waals surface area contributed by atoms with Crippen LogP contribution in [0.5, 0.6) is 0 Å². The van der Waals surface area contributed by atoms with Crippen molar-refractivity contribution in [1.82, 2.24) is 15.8 Å². The summed E-state index contributed by atoms with van der Waals surface area (Å²) in [5.74, 6) is -2.01. The molecule has 3 N–H and O–H groups in total. The van der Waals surface area contributed by atoms with Crippen molar-refractivity contribution in [3.8, 4) is 0 Å². The second-order valence-electron chi connectivity index (χ2n) is 7.83. The molecule has 172 valence electrons. The predicted octanol–water partition coefficient (Wildman–Crippen LogP) is 2.82. The van der Waals surface area contributed by atoms with Gasteiger partial charge < -0.3 is 19.9 Å². The van der Waals surface area contributed by atoms with Gasteiger partial charge in [-0.15, -0.1) is 0 Å². The van der Waals surface area contributed by atoms with Crippen molar-refractivity contribution in [3.05, 3.63) is 35.9 Å². The number of nitrogens with one attached hydrogen (secondary N) is 2. The Kier molecular flexibility index (Phi) is 10.3. The molecule has 1 aromatic rings. The zero-order chi connectivity index (χ0) is 23.4. The molecule has 0 aromatic heterocycles. The van der Waals surface area contributed by atoms with Crippen LogP contribution in [0.4, 0.5) is 9.59 Å². The fourth-order valence-electron chi connectivity index (χ4n) is 2.38. The summed E-state index contributed by atoms with van der Waals surface area (Å²) in [6, 6.07) is 6.79. The van der Waals surface area contributed by atoms with Gasteiger partial charge in [0.15, 0.2) is 0 Å². The third kappa shape index (κ3) is 10.9. The number of urea groups is 1. The van der Waals surface area contributed by atoms with Crippen LogP contribution in [0.1, 0.15) is 52.5 Å². The van der Waals surface area contributed by atoms with Gasteiger partial charge in [-0.1, -0.05) is 50.1 Å². The van der Waals surface area contributed by atoms with E-state index in [4.69, 9.17) is 9.47 Å². The molecule has 0 saturated carbocycles. The Morgan fingerprint density at radius 3 is 2.32 bits per heavy atom. The maximum absolute atomic E-state index is 12.6. The van der Waals surface area contributed by atoms with Crippen LogP contribution in [0.3, 0.4) is 0 Å². The lowest BCUT2D eigenvalue weighted by Crippen LogP contribution is -2.56. The van der Waals surface area contributed by atoms with Crippen molar-refractivity contribution in [2.75, 3.05) is 6.54 Å². The van der Waals surface area contributed by atoms with Gasteiger partial charge in [-0.05, 0) is 32.8 Å². The van der Waals surface area contributed by atoms with Gasteiger partial charge in [0.05, 0.1) is 0 Å². The minimum absolute atomic E-state index is 0.0180. The molecule has 0 spiro atoms. The number of esters is 1. The van der Waals surface area contributed by atoms with Crippen molar-refractivity contribution in [2.45, 2.75) is 65.2 Å². The SMILES string of the molecule is CCCCC(NC(=O)N(CC(=O)OCc1ccccc1)NC(=O)OC(C)(C)C)C(=O)O. The number of carbonyl (C=O) groups is 4. The average Bonchev–Trinajstić information content (AvgIpc) is 2.68. The highest BCUT2D eigenvalue weighted by Gasteiger charge is 2.27. The Morgan fingerprint density at radius 1 is 1.13 bits per heavy atom. The number of aliphatic carboxylic acids is 1. The summed E-state index contributed by atoms with van der Waals surface area (Å²) >= 11 is 0. The molecule has 3 amide bonds. The molecule has 0 aliphatic heterocycles. The first-order valence-corrected chi connectivity index (χ1v) is 10.0. The number of hydrogen-bond acceptors (Lipinski definition) is 6. The number of amides is 3. The van der Waals surface area contributed by atoms with E-state index in [9.17, 15) is 24.3 Å². The number of rotatable bonds is 9. The number of ether oxygens (including phenoxy) is 2. The normalized spacial score (nSPS) is 11.7. The Morgan fingerprint density at radius 2 is 1.77 bits per heavy atom. The standard InChI is InChI=1S/C21H31N3O7/c1-5-6-12-16(18(26)27)22-19(28)24(23-20(29)31-21(2,3)4)13-17(25)30-14-15-10-8-7-9-11-15/h7-11,16H,5-6,12-14H2,1-4H3,(H,22,28)(H,23,29)(H,26,27). The zero-order valence-corrected chi connectivity index (χ0v) is 18.3. The highest BCUT2D eigenvalue weighted by atomic mass is 16.6. The van der Waals surface area contributed by atoms with Crippen molar-refractivity contribution >= 4 is 24.1 Å². The van der Waals surface area contributed by atoms with Gasteiger partial charge in [0.1, 0.15) is 24.8 Å². The van der Waals surface area contributed by atoms with Crippen molar-refractivity contribution in [1.29, 1.82) is 0 Å². The van der Waals surface area contributed by atoms with Gasteiger partial charge in [-0.2, -0.15) is 0 Å². The van der Waals surface area contributed by atoms with Crippen LogP contribution in [-0.2, 0) is 25.7 Å². The van der Waals surface area contributed by atoms with Gasteiger partial charge in [0.2, 0.25) is 0 Å². The molecule has 0 heterocycles. The molecule has 0 saturated heterocycles. The number of benzene rings is 1. The van der Waals surface area contributed by atoms with E-state index in [0.29, 0.717) is 11.4 Å². The summed E-state index contributed by atoms with van der Waals surface area (Å²) in [7, 11) is 0. The molecule has 0 radical (unpaired) electrons. The maximum Gasteiger partial charge on any atom is 0.426 e. The minimum Gasteiger partial charge on any atom is -0.480 e. The number of unbranched alkanes of at least 4 members (excludes halogenated alkanes) is 1. The van der Waals surface area contributed by atoms with Crippen LogP contribution in [0.25, 0.3) is 0 Å². The molecule has 10 nitrogen and oxygen atoms in total. The van der Waals surface area contributed by atoms with Crippen LogP contribution >= 0.6 is 0 Å². The molecular formula is C21H31N3O7. The van der Waals surface area contributed by atoms with Gasteiger partial charge in [-0.3, -0.25) is 4.79 Å². The number of hydrogen-bond donors (Lipinski definition) is 3. The molecule has 1 aromatic carbocycles. The Hall–Kier alpha value is -3.30. The smallest absolute Gasteiger partial charge is 0.426 e.